The van der Waals surface area contributed by atoms with Crippen molar-refractivity contribution in [1.29, 1.82) is 0 Å². The second kappa shape index (κ2) is 5.20. The van der Waals surface area contributed by atoms with Crippen LogP contribution in [0.4, 0.5) is 0 Å². The number of thiazole rings is 1. The Hall–Kier alpha value is -1.20. The van der Waals surface area contributed by atoms with Crippen molar-refractivity contribution in [3.05, 3.63) is 23.0 Å². The lowest BCUT2D eigenvalue weighted by Crippen LogP contribution is -2.11. The van der Waals surface area contributed by atoms with Crippen LogP contribution in [0.1, 0.15) is 43.4 Å². The minimum Gasteiger partial charge on any atom is -0.312 e. The summed E-state index contributed by atoms with van der Waals surface area (Å²) in [6.07, 6.45) is 3.96. The fourth-order valence-electron chi connectivity index (χ4n) is 1.80. The van der Waals surface area contributed by atoms with Gasteiger partial charge in [0.15, 0.2) is 0 Å². The van der Waals surface area contributed by atoms with Gasteiger partial charge in [0.25, 0.3) is 0 Å². The van der Waals surface area contributed by atoms with E-state index in [2.05, 4.69) is 49.3 Å². The van der Waals surface area contributed by atoms with Gasteiger partial charge in [-0.05, 0) is 34.7 Å². The molecule has 0 aromatic carbocycles. The number of aromatic nitrogens is 3. The van der Waals surface area contributed by atoms with Gasteiger partial charge in [-0.2, -0.15) is 5.10 Å². The van der Waals surface area contributed by atoms with Gasteiger partial charge >= 0.3 is 0 Å². The van der Waals surface area contributed by atoms with Crippen molar-refractivity contribution in [2.24, 2.45) is 0 Å². The zero-order chi connectivity index (χ0) is 13.3. The standard InChI is InChI=1S/C13H20N4S/c1-8(2)17-7-11(6-15-17)13-16-10(4)12(18-13)9(3)14-5/h6-9,14H,1-5H3. The third-order valence-electron chi connectivity index (χ3n) is 3.04. The number of hydrogen-bond donors (Lipinski definition) is 1. The molecule has 1 unspecified atom stereocenters. The second-order valence-electron chi connectivity index (χ2n) is 4.78. The molecular weight excluding hydrogens is 244 g/mol. The van der Waals surface area contributed by atoms with Gasteiger partial charge in [0.1, 0.15) is 5.01 Å². The van der Waals surface area contributed by atoms with Crippen molar-refractivity contribution >= 4 is 11.3 Å². The Bertz CT molecular complexity index is 527. The van der Waals surface area contributed by atoms with E-state index in [9.17, 15) is 0 Å². The van der Waals surface area contributed by atoms with E-state index >= 15 is 0 Å². The zero-order valence-corrected chi connectivity index (χ0v) is 12.4. The number of aryl methyl sites for hydroxylation is 1. The highest BCUT2D eigenvalue weighted by atomic mass is 32.1. The summed E-state index contributed by atoms with van der Waals surface area (Å²) in [6.45, 7) is 8.47. The fourth-order valence-corrected chi connectivity index (χ4v) is 2.90. The van der Waals surface area contributed by atoms with Crippen LogP contribution in [0, 0.1) is 6.92 Å². The van der Waals surface area contributed by atoms with Gasteiger partial charge in [0.05, 0.1) is 11.9 Å². The zero-order valence-electron chi connectivity index (χ0n) is 11.6. The Kier molecular flexibility index (Phi) is 3.82. The van der Waals surface area contributed by atoms with Crippen LogP contribution in [0.15, 0.2) is 12.4 Å². The molecule has 2 aromatic heterocycles. The molecule has 0 fully saturated rings. The average Bonchev–Trinajstić information content (AvgIpc) is 2.94. The first-order valence-electron chi connectivity index (χ1n) is 6.22. The van der Waals surface area contributed by atoms with Crippen LogP contribution in [-0.2, 0) is 0 Å². The molecule has 0 aliphatic heterocycles. The summed E-state index contributed by atoms with van der Waals surface area (Å²) in [5, 5.41) is 8.68. The van der Waals surface area contributed by atoms with Crippen molar-refractivity contribution in [2.45, 2.75) is 39.8 Å². The molecule has 0 aliphatic carbocycles. The van der Waals surface area contributed by atoms with Crippen LogP contribution in [-0.4, -0.2) is 21.8 Å². The van der Waals surface area contributed by atoms with Crippen molar-refractivity contribution in [3.63, 3.8) is 0 Å². The van der Waals surface area contributed by atoms with Gasteiger partial charge in [-0.3, -0.25) is 4.68 Å². The van der Waals surface area contributed by atoms with E-state index in [1.54, 1.807) is 11.3 Å². The third-order valence-corrected chi connectivity index (χ3v) is 4.43. The summed E-state index contributed by atoms with van der Waals surface area (Å²) >= 11 is 1.74. The van der Waals surface area contributed by atoms with E-state index in [-0.39, 0.29) is 0 Å². The molecule has 5 heteroatoms. The molecule has 0 saturated heterocycles. The maximum atomic E-state index is 4.65. The molecule has 2 aromatic rings. The summed E-state index contributed by atoms with van der Waals surface area (Å²) in [6, 6.07) is 0.729. The molecule has 0 saturated carbocycles. The highest BCUT2D eigenvalue weighted by Crippen LogP contribution is 2.31. The average molecular weight is 264 g/mol. The minimum absolute atomic E-state index is 0.344. The molecule has 1 N–H and O–H groups in total. The van der Waals surface area contributed by atoms with Crippen LogP contribution >= 0.6 is 11.3 Å². The first kappa shape index (κ1) is 13.2. The van der Waals surface area contributed by atoms with Crippen LogP contribution in [0.5, 0.6) is 0 Å². The van der Waals surface area contributed by atoms with Gasteiger partial charge in [-0.25, -0.2) is 4.98 Å². The van der Waals surface area contributed by atoms with Gasteiger partial charge in [-0.1, -0.05) is 0 Å². The molecule has 18 heavy (non-hydrogen) atoms. The van der Waals surface area contributed by atoms with E-state index in [0.29, 0.717) is 12.1 Å². The quantitative estimate of drug-likeness (QED) is 0.922. The van der Waals surface area contributed by atoms with E-state index in [4.69, 9.17) is 0 Å². The minimum atomic E-state index is 0.344. The number of nitrogens with one attached hydrogen (secondary N) is 1. The van der Waals surface area contributed by atoms with Crippen molar-refractivity contribution in [2.75, 3.05) is 7.05 Å². The van der Waals surface area contributed by atoms with E-state index in [0.717, 1.165) is 16.3 Å². The highest BCUT2D eigenvalue weighted by molar-refractivity contribution is 7.15. The molecule has 0 radical (unpaired) electrons. The Morgan fingerprint density at radius 1 is 1.33 bits per heavy atom. The van der Waals surface area contributed by atoms with Crippen molar-refractivity contribution in [1.82, 2.24) is 20.1 Å². The van der Waals surface area contributed by atoms with Gasteiger partial charge in [0.2, 0.25) is 0 Å². The summed E-state index contributed by atoms with van der Waals surface area (Å²) in [5.41, 5.74) is 2.21. The summed E-state index contributed by atoms with van der Waals surface area (Å²) < 4.78 is 1.97. The van der Waals surface area contributed by atoms with Crippen LogP contribution in [0.3, 0.4) is 0 Å². The first-order chi connectivity index (χ1) is 8.52. The molecular formula is C13H20N4S. The molecule has 0 bridgehead atoms. The van der Waals surface area contributed by atoms with Gasteiger partial charge < -0.3 is 5.32 Å². The normalized spacial score (nSPS) is 13.2. The molecule has 2 heterocycles. The largest absolute Gasteiger partial charge is 0.312 e. The van der Waals surface area contributed by atoms with E-state index in [1.807, 2.05) is 17.9 Å². The smallest absolute Gasteiger partial charge is 0.127 e. The first-order valence-corrected chi connectivity index (χ1v) is 7.03. The van der Waals surface area contributed by atoms with Gasteiger partial charge in [-0.15, -0.1) is 11.3 Å². The number of nitrogens with zero attached hydrogens (tertiary/aromatic N) is 3. The summed E-state index contributed by atoms with van der Waals surface area (Å²) in [7, 11) is 1.97. The van der Waals surface area contributed by atoms with Crippen molar-refractivity contribution < 1.29 is 0 Å². The molecule has 2 rings (SSSR count). The lowest BCUT2D eigenvalue weighted by atomic mass is 10.2. The molecule has 1 atom stereocenters. The highest BCUT2D eigenvalue weighted by Gasteiger charge is 2.15. The lowest BCUT2D eigenvalue weighted by molar-refractivity contribution is 0.532. The molecule has 0 aliphatic rings. The Labute approximate surface area is 112 Å². The predicted molar refractivity (Wildman–Crippen MR) is 75.9 cm³/mol. The topological polar surface area (TPSA) is 42.7 Å². The molecule has 98 valence electrons. The molecule has 4 nitrogen and oxygen atoms in total. The number of hydrogen-bond acceptors (Lipinski definition) is 4. The Morgan fingerprint density at radius 3 is 2.61 bits per heavy atom. The van der Waals surface area contributed by atoms with E-state index in [1.165, 1.54) is 4.88 Å². The fraction of sp³-hybridized carbons (Fsp3) is 0.538. The summed E-state index contributed by atoms with van der Waals surface area (Å²) in [5.74, 6) is 0. The predicted octanol–water partition coefficient (Wildman–Crippen LogP) is 3.18. The number of rotatable bonds is 4. The Morgan fingerprint density at radius 2 is 2.06 bits per heavy atom. The van der Waals surface area contributed by atoms with Crippen molar-refractivity contribution in [3.8, 4) is 10.6 Å². The Balaban J connectivity index is 2.33. The third kappa shape index (κ3) is 2.47. The summed E-state index contributed by atoms with van der Waals surface area (Å²) in [4.78, 5) is 5.94. The molecule has 0 spiro atoms. The second-order valence-corrected chi connectivity index (χ2v) is 5.81. The van der Waals surface area contributed by atoms with Gasteiger partial charge in [0, 0.05) is 28.7 Å². The van der Waals surface area contributed by atoms with E-state index < -0.39 is 0 Å². The molecule has 0 amide bonds. The van der Waals surface area contributed by atoms with Crippen LogP contribution in [0.2, 0.25) is 0 Å². The van der Waals surface area contributed by atoms with Crippen LogP contribution < -0.4 is 5.32 Å². The monoisotopic (exact) mass is 264 g/mol. The maximum absolute atomic E-state index is 4.65. The lowest BCUT2D eigenvalue weighted by Gasteiger charge is -2.06. The maximum Gasteiger partial charge on any atom is 0.127 e. The SMILES string of the molecule is CNC(C)c1sc(-c2cnn(C(C)C)c2)nc1C. The van der Waals surface area contributed by atoms with Crippen LogP contribution in [0.25, 0.3) is 10.6 Å².